The van der Waals surface area contributed by atoms with Crippen LogP contribution in [0.1, 0.15) is 71.8 Å². The van der Waals surface area contributed by atoms with E-state index in [0.29, 0.717) is 53.6 Å². The third-order valence-corrected chi connectivity index (χ3v) is 17.8. The van der Waals surface area contributed by atoms with Crippen LogP contribution in [0.2, 0.25) is 48.8 Å². The second-order valence-electron chi connectivity index (χ2n) is 18.3. The second kappa shape index (κ2) is 16.5. The largest absolute Gasteiger partial charge is 0.456 e. The quantitative estimate of drug-likeness (QED) is 0.134. The van der Waals surface area contributed by atoms with Gasteiger partial charge >= 0.3 is 12.1 Å². The van der Waals surface area contributed by atoms with Crippen molar-refractivity contribution in [3.8, 4) is 17.3 Å². The number of fused-ring (bicyclic) bond motifs is 2. The van der Waals surface area contributed by atoms with E-state index in [0.717, 1.165) is 37.3 Å². The van der Waals surface area contributed by atoms with E-state index in [2.05, 4.69) is 83.1 Å². The molecule has 1 amide bonds. The minimum Gasteiger partial charge on any atom is -0.456 e. The molecule has 298 valence electrons. The maximum absolute atomic E-state index is 12.1. The minimum atomic E-state index is -2.02. The molecule has 1 saturated carbocycles. The van der Waals surface area contributed by atoms with Crippen LogP contribution in [0.15, 0.2) is 30.3 Å². The Kier molecular flexibility index (Phi) is 12.6. The summed E-state index contributed by atoms with van der Waals surface area (Å²) < 4.78 is 39.7. The molecule has 0 unspecified atom stereocenters. The molecule has 4 heterocycles. The van der Waals surface area contributed by atoms with Crippen LogP contribution in [0.3, 0.4) is 0 Å². The molecule has 0 radical (unpaired) electrons. The number of carbonyl (C=O) groups is 1. The Morgan fingerprint density at radius 1 is 0.981 bits per heavy atom. The van der Waals surface area contributed by atoms with Crippen LogP contribution in [0, 0.1) is 0 Å². The molecule has 1 aromatic carbocycles. The van der Waals surface area contributed by atoms with Crippen molar-refractivity contribution in [2.75, 3.05) is 19.8 Å². The first-order valence-electron chi connectivity index (χ1n) is 19.7. The van der Waals surface area contributed by atoms with E-state index in [9.17, 15) is 4.79 Å². The fourth-order valence-electron chi connectivity index (χ4n) is 7.12. The first-order chi connectivity index (χ1) is 25.4. The Bertz CT molecular complexity index is 1750. The number of benzene rings is 1. The zero-order valence-corrected chi connectivity index (χ0v) is 36.6. The number of aromatic nitrogens is 3. The van der Waals surface area contributed by atoms with Gasteiger partial charge in [-0.3, -0.25) is 4.57 Å². The second-order valence-corrected chi connectivity index (χ2v) is 29.1. The Labute approximate surface area is 328 Å². The van der Waals surface area contributed by atoms with Crippen molar-refractivity contribution in [1.29, 1.82) is 0 Å². The summed E-state index contributed by atoms with van der Waals surface area (Å²) in [5.41, 5.74) is 4.13. The molecule has 54 heavy (non-hydrogen) atoms. The predicted molar refractivity (Wildman–Crippen MR) is 218 cm³/mol. The molecule has 1 N–H and O–H groups in total. The van der Waals surface area contributed by atoms with Gasteiger partial charge in [0, 0.05) is 26.3 Å². The fraction of sp³-hybridized carbons (Fsp3) is 0.675. The van der Waals surface area contributed by atoms with Gasteiger partial charge in [-0.2, -0.15) is 4.98 Å². The van der Waals surface area contributed by atoms with Crippen molar-refractivity contribution in [1.82, 2.24) is 19.9 Å². The smallest absolute Gasteiger partial charge is 0.407 e. The molecule has 3 fully saturated rings. The van der Waals surface area contributed by atoms with Crippen LogP contribution in [-0.2, 0) is 30.1 Å². The molecule has 2 aromatic heterocycles. The molecule has 1 aliphatic carbocycles. The normalized spacial score (nSPS) is 25.0. The zero-order chi connectivity index (χ0) is 39.0. The number of pyridine rings is 1. The topological polar surface area (TPSA) is 115 Å². The number of ether oxygens (including phenoxy) is 5. The molecule has 3 aromatic rings. The van der Waals surface area contributed by atoms with E-state index in [4.69, 9.17) is 49.7 Å². The Morgan fingerprint density at radius 3 is 2.26 bits per heavy atom. The number of rotatable bonds is 13. The number of hydrogen-bond donors (Lipinski definition) is 1. The Hall–Kier alpha value is -2.53. The van der Waals surface area contributed by atoms with E-state index < -0.39 is 16.4 Å². The van der Waals surface area contributed by atoms with Gasteiger partial charge < -0.3 is 33.4 Å². The number of hydrogen-bond acceptors (Lipinski definition) is 9. The van der Waals surface area contributed by atoms with Crippen molar-refractivity contribution in [2.45, 2.75) is 153 Å². The van der Waals surface area contributed by atoms with E-state index in [1.54, 1.807) is 0 Å². The van der Waals surface area contributed by atoms with Gasteiger partial charge in [0.15, 0.2) is 20.1 Å². The lowest BCUT2D eigenvalue weighted by Crippen LogP contribution is -2.47. The molecule has 11 nitrogen and oxygen atoms in total. The third kappa shape index (κ3) is 9.70. The van der Waals surface area contributed by atoms with E-state index in [1.807, 2.05) is 24.5 Å². The van der Waals surface area contributed by atoms with E-state index >= 15 is 0 Å². The van der Waals surface area contributed by atoms with Gasteiger partial charge in [0.05, 0.1) is 30.0 Å². The minimum absolute atomic E-state index is 0.0427. The molecule has 0 spiro atoms. The lowest BCUT2D eigenvalue weighted by molar-refractivity contribution is 0.00687. The fourth-order valence-corrected chi connectivity index (χ4v) is 9.44. The standard InChI is InChI=1S/C40H61ClN4O7Si2/c1-25(2)42-39(46)50-29-17-15-27(16-18-29)26-11-13-28(14-12-26)34-30(41)21-31-37(44-34)45(24-47-19-20-53(6,7)8)38(43-31)51-32-22-48-36-33(23-49-35(32)36)52-54(9,10)40(3,4)5/h11-14,21,25,27,29,32-33,35-36H,15-20,22-24H2,1-10H3,(H,42,46)/t27-,29-,32-,33-,35-,36-/m1/s1. The van der Waals surface area contributed by atoms with Crippen molar-refractivity contribution >= 4 is 45.2 Å². The molecule has 4 atom stereocenters. The molecular formula is C40H61ClN4O7Si2. The number of imidazole rings is 1. The van der Waals surface area contributed by atoms with Crippen LogP contribution in [0.25, 0.3) is 22.4 Å². The van der Waals surface area contributed by atoms with Gasteiger partial charge in [0.25, 0.3) is 0 Å². The van der Waals surface area contributed by atoms with Gasteiger partial charge in [0.2, 0.25) is 0 Å². The average molecular weight is 802 g/mol. The maximum atomic E-state index is 12.1. The molecular weight excluding hydrogens is 740 g/mol. The van der Waals surface area contributed by atoms with Crippen molar-refractivity contribution < 1.29 is 32.9 Å². The van der Waals surface area contributed by atoms with E-state index in [-0.39, 0.29) is 54.4 Å². The zero-order valence-electron chi connectivity index (χ0n) is 33.9. The summed E-state index contributed by atoms with van der Waals surface area (Å²) in [7, 11) is -3.32. The molecule has 14 heteroatoms. The van der Waals surface area contributed by atoms with Crippen LogP contribution in [0.4, 0.5) is 4.79 Å². The number of nitrogens with zero attached hydrogens (tertiary/aromatic N) is 3. The first-order valence-corrected chi connectivity index (χ1v) is 26.7. The number of alkyl carbamates (subject to hydrolysis) is 1. The van der Waals surface area contributed by atoms with Gasteiger partial charge in [-0.05, 0) is 81.3 Å². The van der Waals surface area contributed by atoms with Gasteiger partial charge in [-0.15, -0.1) is 0 Å². The number of nitrogens with one attached hydrogen (secondary N) is 1. The third-order valence-electron chi connectivity index (χ3n) is 11.3. The average Bonchev–Trinajstić information content (AvgIpc) is 3.76. The van der Waals surface area contributed by atoms with Gasteiger partial charge in [-0.25, -0.2) is 9.78 Å². The SMILES string of the molecule is CC(C)NC(=O)O[C@H]1CC[C@H](c2ccc(-c3nc4c(cc3Cl)nc(O[C@@H]3CO[C@H]5[C@@H]3OC[C@H]5O[Si](C)(C)C(C)(C)C)n4COCC[Si](C)(C)C)cc2)CC1. The highest BCUT2D eigenvalue weighted by Crippen LogP contribution is 2.41. The summed E-state index contributed by atoms with van der Waals surface area (Å²) in [6.45, 7) is 23.9. The highest BCUT2D eigenvalue weighted by molar-refractivity contribution is 6.76. The molecule has 2 aliphatic heterocycles. The predicted octanol–water partition coefficient (Wildman–Crippen LogP) is 9.16. The first kappa shape index (κ1) is 41.1. The Morgan fingerprint density at radius 2 is 1.63 bits per heavy atom. The van der Waals surface area contributed by atoms with Crippen molar-refractivity contribution in [2.24, 2.45) is 0 Å². The molecule has 6 rings (SSSR count). The van der Waals surface area contributed by atoms with Gasteiger partial charge in [-0.1, -0.05) is 76.3 Å². The summed E-state index contributed by atoms with van der Waals surface area (Å²) in [6.07, 6.45) is 2.30. The summed E-state index contributed by atoms with van der Waals surface area (Å²) in [6, 6.07) is 11.9. The maximum Gasteiger partial charge on any atom is 0.407 e. The monoisotopic (exact) mass is 800 g/mol. The summed E-state index contributed by atoms with van der Waals surface area (Å²) in [5.74, 6) is 0.407. The number of halogens is 1. The summed E-state index contributed by atoms with van der Waals surface area (Å²) in [5, 5.41) is 3.41. The van der Waals surface area contributed by atoms with Crippen LogP contribution in [0.5, 0.6) is 6.01 Å². The number of carbonyl (C=O) groups excluding carboxylic acids is 1. The Balaban J connectivity index is 1.19. The highest BCUT2D eigenvalue weighted by atomic mass is 35.5. The van der Waals surface area contributed by atoms with Crippen LogP contribution < -0.4 is 10.1 Å². The van der Waals surface area contributed by atoms with Crippen molar-refractivity contribution in [3.63, 3.8) is 0 Å². The molecule has 3 aliphatic rings. The highest BCUT2D eigenvalue weighted by Gasteiger charge is 2.52. The van der Waals surface area contributed by atoms with Crippen molar-refractivity contribution in [3.05, 3.63) is 40.9 Å². The molecule has 0 bridgehead atoms. The van der Waals surface area contributed by atoms with Crippen LogP contribution in [-0.4, -0.2) is 93.4 Å². The lowest BCUT2D eigenvalue weighted by Gasteiger charge is -2.39. The summed E-state index contributed by atoms with van der Waals surface area (Å²) >= 11 is 6.92. The number of amides is 1. The van der Waals surface area contributed by atoms with E-state index in [1.165, 1.54) is 5.56 Å². The lowest BCUT2D eigenvalue weighted by atomic mass is 9.82. The van der Waals surface area contributed by atoms with Gasteiger partial charge in [0.1, 0.15) is 30.6 Å². The molecule has 2 saturated heterocycles. The van der Waals surface area contributed by atoms with Crippen LogP contribution >= 0.6 is 11.6 Å². The summed E-state index contributed by atoms with van der Waals surface area (Å²) in [4.78, 5) is 22.1.